The lowest BCUT2D eigenvalue weighted by molar-refractivity contribution is 0.114. The fourth-order valence-electron chi connectivity index (χ4n) is 6.89. The van der Waals surface area contributed by atoms with Crippen molar-refractivity contribution in [3.05, 3.63) is 47.1 Å². The van der Waals surface area contributed by atoms with Gasteiger partial charge in [-0.15, -0.1) is 0 Å². The summed E-state index contributed by atoms with van der Waals surface area (Å²) < 4.78 is 0. The lowest BCUT2D eigenvalue weighted by atomic mass is 9.54. The van der Waals surface area contributed by atoms with Crippen molar-refractivity contribution in [3.8, 4) is 0 Å². The first-order valence-corrected chi connectivity index (χ1v) is 11.8. The van der Waals surface area contributed by atoms with Crippen LogP contribution in [0.15, 0.2) is 47.1 Å². The van der Waals surface area contributed by atoms with E-state index in [1.165, 1.54) is 31.3 Å². The van der Waals surface area contributed by atoms with E-state index in [2.05, 4.69) is 65.0 Å². The number of hydrogen-bond acceptors (Lipinski definition) is 1. The summed E-state index contributed by atoms with van der Waals surface area (Å²) in [5, 5.41) is 10.2. The van der Waals surface area contributed by atoms with E-state index < -0.39 is 0 Å². The van der Waals surface area contributed by atoms with Crippen LogP contribution in [-0.4, -0.2) is 11.2 Å². The molecule has 0 heterocycles. The maximum Gasteiger partial charge on any atom is 0.0578 e. The highest BCUT2D eigenvalue weighted by Gasteiger charge is 2.53. The molecule has 0 aromatic heterocycles. The van der Waals surface area contributed by atoms with Gasteiger partial charge in [0.15, 0.2) is 0 Å². The molecule has 4 aliphatic carbocycles. The second kappa shape index (κ2) is 7.31. The van der Waals surface area contributed by atoms with E-state index in [1.54, 1.807) is 11.1 Å². The monoisotopic (exact) mass is 380 g/mol. The van der Waals surface area contributed by atoms with Gasteiger partial charge in [-0.05, 0) is 78.8 Å². The highest BCUT2D eigenvalue weighted by Crippen LogP contribution is 2.63. The maximum absolute atomic E-state index is 10.2. The zero-order chi connectivity index (χ0) is 20.1. The number of aliphatic hydroxyl groups excluding tert-OH is 1. The van der Waals surface area contributed by atoms with E-state index in [-0.39, 0.29) is 11.5 Å². The third-order valence-corrected chi connectivity index (χ3v) is 9.06. The molecule has 1 N–H and O–H groups in total. The van der Waals surface area contributed by atoms with E-state index >= 15 is 0 Å². The molecule has 0 amide bonds. The zero-order valence-corrected chi connectivity index (χ0v) is 18.7. The molecular formula is C27H40O. The van der Waals surface area contributed by atoms with Crippen LogP contribution in [0.25, 0.3) is 0 Å². The SMILES string of the molecule is CC[C@H](C)/C=C/[C@@H](C)[C@H]1CC[C@H]2C3=CC=C4C[C@@H](O)CC[C@]4(C)C3=CC[C@]12C. The van der Waals surface area contributed by atoms with E-state index in [4.69, 9.17) is 0 Å². The average molecular weight is 381 g/mol. The van der Waals surface area contributed by atoms with Crippen molar-refractivity contribution in [2.45, 2.75) is 85.7 Å². The van der Waals surface area contributed by atoms with Crippen molar-refractivity contribution in [2.24, 2.45) is 34.5 Å². The predicted molar refractivity (Wildman–Crippen MR) is 119 cm³/mol. The lowest BCUT2D eigenvalue weighted by Crippen LogP contribution is -2.41. The number of aliphatic hydroxyl groups is 1. The normalized spacial score (nSPS) is 42.1. The molecule has 0 aromatic carbocycles. The summed E-state index contributed by atoms with van der Waals surface area (Å²) in [5.41, 5.74) is 5.28. The van der Waals surface area contributed by atoms with Gasteiger partial charge in [-0.2, -0.15) is 0 Å². The Labute approximate surface area is 172 Å². The molecule has 0 aliphatic heterocycles. The molecule has 0 unspecified atom stereocenters. The first kappa shape index (κ1) is 20.2. The highest BCUT2D eigenvalue weighted by atomic mass is 16.3. The predicted octanol–water partition coefficient (Wildman–Crippen LogP) is 7.00. The summed E-state index contributed by atoms with van der Waals surface area (Å²) in [6.07, 6.45) is 20.3. The molecule has 2 fully saturated rings. The summed E-state index contributed by atoms with van der Waals surface area (Å²) in [7, 11) is 0. The van der Waals surface area contributed by atoms with Crippen molar-refractivity contribution in [3.63, 3.8) is 0 Å². The van der Waals surface area contributed by atoms with Crippen molar-refractivity contribution < 1.29 is 5.11 Å². The van der Waals surface area contributed by atoms with Gasteiger partial charge in [-0.1, -0.05) is 77.0 Å². The number of hydrogen-bond donors (Lipinski definition) is 1. The fourth-order valence-corrected chi connectivity index (χ4v) is 6.89. The van der Waals surface area contributed by atoms with Crippen LogP contribution in [-0.2, 0) is 0 Å². The van der Waals surface area contributed by atoms with Gasteiger partial charge in [-0.25, -0.2) is 0 Å². The molecule has 1 heteroatoms. The average Bonchev–Trinajstić information content (AvgIpc) is 3.03. The largest absolute Gasteiger partial charge is 0.393 e. The van der Waals surface area contributed by atoms with E-state index in [0.717, 1.165) is 25.2 Å². The molecular weight excluding hydrogens is 340 g/mol. The molecule has 0 aromatic rings. The summed E-state index contributed by atoms with van der Waals surface area (Å²) in [6.45, 7) is 12.1. The first-order valence-electron chi connectivity index (χ1n) is 11.8. The lowest BCUT2D eigenvalue weighted by Gasteiger charge is -2.50. The topological polar surface area (TPSA) is 20.2 Å². The van der Waals surface area contributed by atoms with Crippen molar-refractivity contribution in [1.29, 1.82) is 0 Å². The fraction of sp³-hybridized carbons (Fsp3) is 0.704. The molecule has 2 saturated carbocycles. The number of allylic oxidation sites excluding steroid dienone is 7. The Kier molecular flexibility index (Phi) is 5.28. The van der Waals surface area contributed by atoms with E-state index in [0.29, 0.717) is 23.2 Å². The van der Waals surface area contributed by atoms with Gasteiger partial charge in [0.25, 0.3) is 0 Å². The standard InChI is InChI=1S/C27H40O/c1-6-18(2)7-8-19(3)23-11-12-24-22-10-9-20-17-21(28)13-15-26(20,4)25(22)14-16-27(23,24)5/h7-10,14,18-19,21,23-24,28H,6,11-13,15-17H2,1-5H3/b8-7+/t18-,19+,21-,23+,24-,26-,27+/m0/s1. The molecule has 0 radical (unpaired) electrons. The molecule has 0 bridgehead atoms. The van der Waals surface area contributed by atoms with Gasteiger partial charge < -0.3 is 5.11 Å². The Morgan fingerprint density at radius 2 is 1.93 bits per heavy atom. The minimum Gasteiger partial charge on any atom is -0.393 e. The van der Waals surface area contributed by atoms with Crippen LogP contribution in [0.3, 0.4) is 0 Å². The van der Waals surface area contributed by atoms with Crippen LogP contribution < -0.4 is 0 Å². The molecule has 154 valence electrons. The molecule has 28 heavy (non-hydrogen) atoms. The van der Waals surface area contributed by atoms with Crippen molar-refractivity contribution in [2.75, 3.05) is 0 Å². The second-order valence-corrected chi connectivity index (χ2v) is 10.7. The Morgan fingerprint density at radius 3 is 2.68 bits per heavy atom. The number of rotatable bonds is 4. The maximum atomic E-state index is 10.2. The highest BCUT2D eigenvalue weighted by molar-refractivity contribution is 5.53. The Bertz CT molecular complexity index is 737. The molecule has 1 nitrogen and oxygen atoms in total. The van der Waals surface area contributed by atoms with Gasteiger partial charge >= 0.3 is 0 Å². The van der Waals surface area contributed by atoms with Crippen molar-refractivity contribution >= 4 is 0 Å². The molecule has 4 aliphatic rings. The van der Waals surface area contributed by atoms with Gasteiger partial charge in [-0.3, -0.25) is 0 Å². The summed E-state index contributed by atoms with van der Waals surface area (Å²) in [6, 6.07) is 0. The third-order valence-electron chi connectivity index (χ3n) is 9.06. The Balaban J connectivity index is 1.63. The minimum atomic E-state index is -0.141. The number of fused-ring (bicyclic) bond motifs is 5. The van der Waals surface area contributed by atoms with Gasteiger partial charge in [0.1, 0.15) is 0 Å². The van der Waals surface area contributed by atoms with Crippen LogP contribution in [0, 0.1) is 34.5 Å². The Hall–Kier alpha value is -1.08. The van der Waals surface area contributed by atoms with Gasteiger partial charge in [0, 0.05) is 5.41 Å². The van der Waals surface area contributed by atoms with Crippen LogP contribution in [0.4, 0.5) is 0 Å². The third kappa shape index (κ3) is 3.09. The molecule has 0 spiro atoms. The van der Waals surface area contributed by atoms with Crippen LogP contribution in [0.5, 0.6) is 0 Å². The van der Waals surface area contributed by atoms with Crippen LogP contribution in [0.1, 0.15) is 79.6 Å². The van der Waals surface area contributed by atoms with Gasteiger partial charge in [0.2, 0.25) is 0 Å². The Morgan fingerprint density at radius 1 is 1.14 bits per heavy atom. The summed E-state index contributed by atoms with van der Waals surface area (Å²) >= 11 is 0. The second-order valence-electron chi connectivity index (χ2n) is 10.7. The quantitative estimate of drug-likeness (QED) is 0.520. The van der Waals surface area contributed by atoms with Crippen LogP contribution >= 0.6 is 0 Å². The first-order chi connectivity index (χ1) is 13.3. The summed E-state index contributed by atoms with van der Waals surface area (Å²) in [5.74, 6) is 2.84. The molecule has 7 atom stereocenters. The zero-order valence-electron chi connectivity index (χ0n) is 18.7. The molecule has 0 saturated heterocycles. The molecule has 4 rings (SSSR count). The minimum absolute atomic E-state index is 0.141. The van der Waals surface area contributed by atoms with Crippen molar-refractivity contribution in [1.82, 2.24) is 0 Å². The van der Waals surface area contributed by atoms with Gasteiger partial charge in [0.05, 0.1) is 6.10 Å². The van der Waals surface area contributed by atoms with E-state index in [1.807, 2.05) is 0 Å². The smallest absolute Gasteiger partial charge is 0.0578 e. The summed E-state index contributed by atoms with van der Waals surface area (Å²) in [4.78, 5) is 0. The van der Waals surface area contributed by atoms with E-state index in [9.17, 15) is 5.11 Å². The van der Waals surface area contributed by atoms with Crippen LogP contribution in [0.2, 0.25) is 0 Å².